The molecule has 2 aliphatic rings. The van der Waals surface area contributed by atoms with E-state index in [-0.39, 0.29) is 17.7 Å². The molecule has 2 aromatic rings. The van der Waals surface area contributed by atoms with Crippen LogP contribution in [0.3, 0.4) is 0 Å². The lowest BCUT2D eigenvalue weighted by Crippen LogP contribution is -2.43. The number of benzene rings is 2. The Bertz CT molecular complexity index is 932. The second-order valence-corrected chi connectivity index (χ2v) is 9.86. The Hall–Kier alpha value is -2.34. The summed E-state index contributed by atoms with van der Waals surface area (Å²) in [5, 5.41) is 0. The molecule has 170 valence electrons. The summed E-state index contributed by atoms with van der Waals surface area (Å²) in [6.45, 7) is 4.08. The first-order chi connectivity index (χ1) is 15.5. The van der Waals surface area contributed by atoms with E-state index in [1.54, 1.807) is 0 Å². The third-order valence-corrected chi connectivity index (χ3v) is 7.22. The van der Waals surface area contributed by atoms with Crippen LogP contribution < -0.4 is 4.90 Å². The maximum atomic E-state index is 13.2. The van der Waals surface area contributed by atoms with Crippen molar-refractivity contribution in [3.8, 4) is 0 Å². The van der Waals surface area contributed by atoms with Gasteiger partial charge in [-0.1, -0.05) is 34.1 Å². The molecule has 2 heterocycles. The normalized spacial score (nSPS) is 17.3. The smallest absolute Gasteiger partial charge is 0.253 e. The molecule has 2 amide bonds. The van der Waals surface area contributed by atoms with Gasteiger partial charge in [-0.15, -0.1) is 0 Å². The Balaban J connectivity index is 1.33. The molecular weight excluding hydrogens is 466 g/mol. The van der Waals surface area contributed by atoms with Crippen LogP contribution in [-0.4, -0.2) is 54.8 Å². The predicted octanol–water partition coefficient (Wildman–Crippen LogP) is 4.95. The standard InChI is InChI=1S/C26H32BrN3O2/c1-28(19-22-7-3-4-8-24(22)29-15-5-2-6-16-29)25(31)21-13-17-30(18-14-21)26(32)20-9-11-23(27)12-10-20/h3-4,7-12,21H,2,5-6,13-19H2,1H3. The van der Waals surface area contributed by atoms with E-state index in [1.165, 1.54) is 30.5 Å². The summed E-state index contributed by atoms with van der Waals surface area (Å²) in [5.41, 5.74) is 3.18. The average Bonchev–Trinajstić information content (AvgIpc) is 2.84. The van der Waals surface area contributed by atoms with Crippen LogP contribution in [0.4, 0.5) is 5.69 Å². The molecular formula is C26H32BrN3O2. The Morgan fingerprint density at radius 2 is 1.59 bits per heavy atom. The molecule has 0 radical (unpaired) electrons. The summed E-state index contributed by atoms with van der Waals surface area (Å²) < 4.78 is 0.961. The summed E-state index contributed by atoms with van der Waals surface area (Å²) >= 11 is 3.41. The highest BCUT2D eigenvalue weighted by Crippen LogP contribution is 2.27. The van der Waals surface area contributed by atoms with Crippen molar-refractivity contribution in [1.82, 2.24) is 9.80 Å². The highest BCUT2D eigenvalue weighted by Gasteiger charge is 2.30. The maximum absolute atomic E-state index is 13.2. The second-order valence-electron chi connectivity index (χ2n) is 8.94. The van der Waals surface area contributed by atoms with Crippen LogP contribution in [0.5, 0.6) is 0 Å². The minimum atomic E-state index is -0.0175. The number of anilines is 1. The molecule has 0 aliphatic carbocycles. The summed E-state index contributed by atoms with van der Waals surface area (Å²) in [5.74, 6) is 0.220. The summed E-state index contributed by atoms with van der Waals surface area (Å²) in [7, 11) is 1.91. The zero-order valence-electron chi connectivity index (χ0n) is 18.8. The first-order valence-corrected chi connectivity index (χ1v) is 12.4. The SMILES string of the molecule is CN(Cc1ccccc1N1CCCCC1)C(=O)C1CCN(C(=O)c2ccc(Br)cc2)CC1. The van der Waals surface area contributed by atoms with E-state index in [0.29, 0.717) is 25.2 Å². The van der Waals surface area contributed by atoms with Crippen LogP contribution in [0.25, 0.3) is 0 Å². The molecule has 0 bridgehead atoms. The fourth-order valence-electron chi connectivity index (χ4n) is 4.84. The van der Waals surface area contributed by atoms with Crippen LogP contribution in [0.1, 0.15) is 48.0 Å². The van der Waals surface area contributed by atoms with Gasteiger partial charge in [0.05, 0.1) is 0 Å². The molecule has 4 rings (SSSR count). The number of amides is 2. The number of nitrogens with zero attached hydrogens (tertiary/aromatic N) is 3. The van der Waals surface area contributed by atoms with Gasteiger partial charge in [0, 0.05) is 61.4 Å². The van der Waals surface area contributed by atoms with Gasteiger partial charge in [0.2, 0.25) is 5.91 Å². The fraction of sp³-hybridized carbons (Fsp3) is 0.462. The van der Waals surface area contributed by atoms with E-state index >= 15 is 0 Å². The topological polar surface area (TPSA) is 43.9 Å². The molecule has 2 saturated heterocycles. The van der Waals surface area contributed by atoms with E-state index in [9.17, 15) is 9.59 Å². The van der Waals surface area contributed by atoms with Crippen molar-refractivity contribution in [3.05, 3.63) is 64.1 Å². The summed E-state index contributed by atoms with van der Waals surface area (Å²) in [6, 6.07) is 16.0. The van der Waals surface area contributed by atoms with Gasteiger partial charge in [-0.2, -0.15) is 0 Å². The van der Waals surface area contributed by atoms with E-state index < -0.39 is 0 Å². The van der Waals surface area contributed by atoms with E-state index in [4.69, 9.17) is 0 Å². The second kappa shape index (κ2) is 10.5. The first kappa shape index (κ1) is 22.8. The minimum absolute atomic E-state index is 0.0175. The van der Waals surface area contributed by atoms with Crippen molar-refractivity contribution in [2.45, 2.75) is 38.6 Å². The van der Waals surface area contributed by atoms with Gasteiger partial charge in [0.25, 0.3) is 5.91 Å². The molecule has 0 unspecified atom stereocenters. The van der Waals surface area contributed by atoms with Gasteiger partial charge >= 0.3 is 0 Å². The number of rotatable bonds is 5. The lowest BCUT2D eigenvalue weighted by Gasteiger charge is -2.34. The summed E-state index contributed by atoms with van der Waals surface area (Å²) in [6.07, 6.45) is 5.22. The minimum Gasteiger partial charge on any atom is -0.371 e. The van der Waals surface area contributed by atoms with Crippen LogP contribution >= 0.6 is 15.9 Å². The zero-order valence-corrected chi connectivity index (χ0v) is 20.4. The van der Waals surface area contributed by atoms with Crippen molar-refractivity contribution in [2.75, 3.05) is 38.1 Å². The number of carbonyl (C=O) groups is 2. The number of hydrogen-bond acceptors (Lipinski definition) is 3. The number of halogens is 1. The van der Waals surface area contributed by atoms with Gasteiger partial charge in [0.15, 0.2) is 0 Å². The molecule has 0 spiro atoms. The lowest BCUT2D eigenvalue weighted by atomic mass is 9.94. The third kappa shape index (κ3) is 5.34. The van der Waals surface area contributed by atoms with E-state index in [2.05, 4.69) is 45.1 Å². The summed E-state index contributed by atoms with van der Waals surface area (Å²) in [4.78, 5) is 32.1. The Morgan fingerprint density at radius 1 is 0.938 bits per heavy atom. The van der Waals surface area contributed by atoms with Crippen LogP contribution in [0.15, 0.2) is 53.0 Å². The third-order valence-electron chi connectivity index (χ3n) is 6.69. The number of para-hydroxylation sites is 1. The van der Waals surface area contributed by atoms with Crippen molar-refractivity contribution in [3.63, 3.8) is 0 Å². The number of hydrogen-bond donors (Lipinski definition) is 0. The number of likely N-dealkylation sites (tertiary alicyclic amines) is 1. The highest BCUT2D eigenvalue weighted by atomic mass is 79.9. The van der Waals surface area contributed by atoms with Crippen molar-refractivity contribution in [2.24, 2.45) is 5.92 Å². The Morgan fingerprint density at radius 3 is 2.28 bits per heavy atom. The molecule has 5 nitrogen and oxygen atoms in total. The fourth-order valence-corrected chi connectivity index (χ4v) is 5.10. The predicted molar refractivity (Wildman–Crippen MR) is 132 cm³/mol. The van der Waals surface area contributed by atoms with Gasteiger partial charge in [-0.3, -0.25) is 9.59 Å². The van der Waals surface area contributed by atoms with E-state index in [1.807, 2.05) is 41.1 Å². The molecule has 2 aromatic carbocycles. The first-order valence-electron chi connectivity index (χ1n) is 11.7. The van der Waals surface area contributed by atoms with Crippen molar-refractivity contribution < 1.29 is 9.59 Å². The number of carbonyl (C=O) groups excluding carboxylic acids is 2. The number of piperidine rings is 2. The van der Waals surface area contributed by atoms with Crippen molar-refractivity contribution in [1.29, 1.82) is 0 Å². The largest absolute Gasteiger partial charge is 0.371 e. The molecule has 0 atom stereocenters. The average molecular weight is 498 g/mol. The molecule has 32 heavy (non-hydrogen) atoms. The van der Waals surface area contributed by atoms with E-state index in [0.717, 1.165) is 30.4 Å². The molecule has 6 heteroatoms. The van der Waals surface area contributed by atoms with Gasteiger partial charge < -0.3 is 14.7 Å². The van der Waals surface area contributed by atoms with Crippen molar-refractivity contribution >= 4 is 33.4 Å². The van der Waals surface area contributed by atoms with Crippen LogP contribution in [-0.2, 0) is 11.3 Å². The monoisotopic (exact) mass is 497 g/mol. The van der Waals surface area contributed by atoms with Crippen LogP contribution in [0, 0.1) is 5.92 Å². The van der Waals surface area contributed by atoms with Gasteiger partial charge in [-0.25, -0.2) is 0 Å². The van der Waals surface area contributed by atoms with Gasteiger partial charge in [-0.05, 0) is 68.0 Å². The Kier molecular flexibility index (Phi) is 7.51. The Labute approximate surface area is 199 Å². The molecule has 0 N–H and O–H groups in total. The zero-order chi connectivity index (χ0) is 22.5. The van der Waals surface area contributed by atoms with Gasteiger partial charge in [0.1, 0.15) is 0 Å². The molecule has 0 saturated carbocycles. The lowest BCUT2D eigenvalue weighted by molar-refractivity contribution is -0.136. The molecule has 2 fully saturated rings. The molecule has 2 aliphatic heterocycles. The molecule has 0 aromatic heterocycles. The quantitative estimate of drug-likeness (QED) is 0.586. The maximum Gasteiger partial charge on any atom is 0.253 e. The highest BCUT2D eigenvalue weighted by molar-refractivity contribution is 9.10. The van der Waals surface area contributed by atoms with Crippen LogP contribution in [0.2, 0.25) is 0 Å².